The first-order valence-corrected chi connectivity index (χ1v) is 13.8. The zero-order valence-corrected chi connectivity index (χ0v) is 22.0. The molecule has 8 nitrogen and oxygen atoms in total. The highest BCUT2D eigenvalue weighted by atomic mass is 32.2. The number of nitrogens with one attached hydrogen (secondary N) is 2. The number of hydrogen-bond donors (Lipinski definition) is 2. The van der Waals surface area contributed by atoms with E-state index in [0.29, 0.717) is 11.6 Å². The van der Waals surface area contributed by atoms with Gasteiger partial charge in [0.25, 0.3) is 10.0 Å². The summed E-state index contributed by atoms with van der Waals surface area (Å²) in [6.45, 7) is 12.7. The summed E-state index contributed by atoms with van der Waals surface area (Å²) in [5, 5.41) is 3.36. The molecule has 9 heteroatoms. The molecule has 5 rings (SSSR count). The molecule has 190 valence electrons. The van der Waals surface area contributed by atoms with Crippen LogP contribution in [0.5, 0.6) is 11.6 Å². The van der Waals surface area contributed by atoms with Crippen LogP contribution in [0.2, 0.25) is 0 Å². The number of benzene rings is 2. The molecule has 1 aromatic heterocycles. The highest BCUT2D eigenvalue weighted by Gasteiger charge is 2.66. The Hall–Kier alpha value is -3.17. The van der Waals surface area contributed by atoms with Crippen molar-refractivity contribution < 1.29 is 13.2 Å². The second kappa shape index (κ2) is 9.05. The molecule has 0 bridgehead atoms. The second-order valence-electron chi connectivity index (χ2n) is 10.6. The smallest absolute Gasteiger partial charge is 0.264 e. The van der Waals surface area contributed by atoms with Crippen molar-refractivity contribution >= 4 is 21.7 Å². The van der Waals surface area contributed by atoms with Gasteiger partial charge in [-0.15, -0.1) is 0 Å². The fourth-order valence-electron chi connectivity index (χ4n) is 5.17. The summed E-state index contributed by atoms with van der Waals surface area (Å²) in [4.78, 5) is 11.5. The third-order valence-electron chi connectivity index (χ3n) is 7.86. The van der Waals surface area contributed by atoms with Crippen molar-refractivity contribution in [3.8, 4) is 11.6 Å². The van der Waals surface area contributed by atoms with Gasteiger partial charge in [0, 0.05) is 43.9 Å². The Balaban J connectivity index is 1.44. The van der Waals surface area contributed by atoms with Crippen LogP contribution in [0.15, 0.2) is 65.6 Å². The molecule has 0 radical (unpaired) electrons. The van der Waals surface area contributed by atoms with Crippen LogP contribution < -0.4 is 19.7 Å². The van der Waals surface area contributed by atoms with Gasteiger partial charge in [-0.2, -0.15) is 4.98 Å². The quantitative estimate of drug-likeness (QED) is 0.481. The number of piperazine rings is 1. The largest absolute Gasteiger partial charge is 0.439 e. The van der Waals surface area contributed by atoms with Crippen molar-refractivity contribution in [1.82, 2.24) is 15.3 Å². The van der Waals surface area contributed by atoms with E-state index in [1.807, 2.05) is 30.3 Å². The van der Waals surface area contributed by atoms with Crippen LogP contribution in [0.1, 0.15) is 39.3 Å². The van der Waals surface area contributed by atoms with E-state index in [0.717, 1.165) is 37.6 Å². The van der Waals surface area contributed by atoms with Crippen LogP contribution >= 0.6 is 0 Å². The predicted octanol–water partition coefficient (Wildman–Crippen LogP) is 4.63. The molecular weight excluding hydrogens is 474 g/mol. The molecule has 3 aromatic rings. The van der Waals surface area contributed by atoms with Gasteiger partial charge in [0.2, 0.25) is 11.8 Å². The van der Waals surface area contributed by atoms with E-state index in [1.165, 1.54) is 12.1 Å². The average molecular weight is 508 g/mol. The lowest BCUT2D eigenvalue weighted by Crippen LogP contribution is -2.43. The zero-order chi connectivity index (χ0) is 25.6. The second-order valence-corrected chi connectivity index (χ2v) is 12.3. The summed E-state index contributed by atoms with van der Waals surface area (Å²) in [7, 11) is -3.84. The van der Waals surface area contributed by atoms with Crippen LogP contribution in [0.3, 0.4) is 0 Å². The number of sulfonamides is 1. The molecule has 0 spiro atoms. The summed E-state index contributed by atoms with van der Waals surface area (Å²) in [5.74, 6) is 1.08. The van der Waals surface area contributed by atoms with Crippen LogP contribution in [0.4, 0.5) is 11.6 Å². The SMILES string of the molecule is CC1(C)C(c2cc(Oc3ccc(N4CCNCC4)cc3)nc(NS(=O)(=O)c3ccccc3)n2)C1(C)C. The molecule has 1 aliphatic carbocycles. The average Bonchev–Trinajstić information content (AvgIpc) is 3.28. The number of nitrogens with zero attached hydrogens (tertiary/aromatic N) is 3. The van der Waals surface area contributed by atoms with Crippen molar-refractivity contribution in [2.75, 3.05) is 35.8 Å². The molecule has 1 saturated carbocycles. The van der Waals surface area contributed by atoms with E-state index in [1.54, 1.807) is 18.2 Å². The van der Waals surface area contributed by atoms with Crippen molar-refractivity contribution in [2.45, 2.75) is 38.5 Å². The summed E-state index contributed by atoms with van der Waals surface area (Å²) in [5.41, 5.74) is 1.93. The summed E-state index contributed by atoms with van der Waals surface area (Å²) < 4.78 is 34.6. The van der Waals surface area contributed by atoms with Gasteiger partial charge in [-0.1, -0.05) is 45.9 Å². The van der Waals surface area contributed by atoms with Crippen molar-refractivity contribution in [3.63, 3.8) is 0 Å². The summed E-state index contributed by atoms with van der Waals surface area (Å²) in [6, 6.07) is 17.9. The van der Waals surface area contributed by atoms with Gasteiger partial charge in [0.05, 0.1) is 10.6 Å². The molecule has 0 unspecified atom stereocenters. The van der Waals surface area contributed by atoms with Gasteiger partial charge < -0.3 is 15.0 Å². The first kappa shape index (κ1) is 24.5. The third-order valence-corrected chi connectivity index (χ3v) is 9.20. The molecule has 0 atom stereocenters. The lowest BCUT2D eigenvalue weighted by molar-refractivity contribution is 0.457. The van der Waals surface area contributed by atoms with Crippen LogP contribution in [-0.4, -0.2) is 44.6 Å². The van der Waals surface area contributed by atoms with Gasteiger partial charge in [-0.05, 0) is 47.2 Å². The number of hydrogen-bond acceptors (Lipinski definition) is 7. The fraction of sp³-hybridized carbons (Fsp3) is 0.407. The van der Waals surface area contributed by atoms with Crippen molar-refractivity contribution in [3.05, 3.63) is 66.4 Å². The predicted molar refractivity (Wildman–Crippen MR) is 141 cm³/mol. The third kappa shape index (κ3) is 4.65. The molecule has 2 heterocycles. The van der Waals surface area contributed by atoms with Gasteiger partial charge >= 0.3 is 0 Å². The normalized spacial score (nSPS) is 19.1. The summed E-state index contributed by atoms with van der Waals surface area (Å²) in [6.07, 6.45) is 0. The minimum Gasteiger partial charge on any atom is -0.439 e. The Morgan fingerprint density at radius 2 is 1.58 bits per heavy atom. The standard InChI is InChI=1S/C27H33N5O3S/c1-26(2)24(27(26,3)4)22-18-23(30-25(29-22)31-36(33,34)21-8-6-5-7-9-21)35-20-12-10-19(11-13-20)32-16-14-28-15-17-32/h5-13,18,24,28H,14-17H2,1-4H3,(H,29,30,31). The van der Waals surface area contributed by atoms with E-state index in [9.17, 15) is 8.42 Å². The molecule has 1 saturated heterocycles. The van der Waals surface area contributed by atoms with Crippen molar-refractivity contribution in [1.29, 1.82) is 0 Å². The molecule has 36 heavy (non-hydrogen) atoms. The lowest BCUT2D eigenvalue weighted by Gasteiger charge is -2.29. The first-order chi connectivity index (χ1) is 17.1. The molecule has 1 aliphatic heterocycles. The molecule has 2 fully saturated rings. The van der Waals surface area contributed by atoms with E-state index in [4.69, 9.17) is 4.74 Å². The van der Waals surface area contributed by atoms with Gasteiger partial charge in [-0.3, -0.25) is 0 Å². The molecule has 0 amide bonds. The number of rotatable bonds is 7. The van der Waals surface area contributed by atoms with Crippen LogP contribution in [0.25, 0.3) is 0 Å². The number of aromatic nitrogens is 2. The zero-order valence-electron chi connectivity index (χ0n) is 21.2. The lowest BCUT2D eigenvalue weighted by atomic mass is 10.0. The minimum absolute atomic E-state index is 0.00212. The van der Waals surface area contributed by atoms with Crippen molar-refractivity contribution in [2.24, 2.45) is 10.8 Å². The molecule has 2 N–H and O–H groups in total. The highest BCUT2D eigenvalue weighted by Crippen LogP contribution is 2.73. The Morgan fingerprint density at radius 1 is 0.944 bits per heavy atom. The highest BCUT2D eigenvalue weighted by molar-refractivity contribution is 7.92. The topological polar surface area (TPSA) is 96.5 Å². The molecular formula is C27H33N5O3S. The van der Waals surface area contributed by atoms with Crippen LogP contribution in [-0.2, 0) is 10.0 Å². The first-order valence-electron chi connectivity index (χ1n) is 12.3. The molecule has 2 aliphatic rings. The van der Waals surface area contributed by atoms with Gasteiger partial charge in [0.1, 0.15) is 5.75 Å². The van der Waals surface area contributed by atoms with E-state index >= 15 is 0 Å². The Bertz CT molecular complexity index is 1320. The maximum atomic E-state index is 13.0. The number of anilines is 2. The monoisotopic (exact) mass is 507 g/mol. The summed E-state index contributed by atoms with van der Waals surface area (Å²) >= 11 is 0. The maximum absolute atomic E-state index is 13.0. The van der Waals surface area contributed by atoms with E-state index in [-0.39, 0.29) is 27.6 Å². The minimum atomic E-state index is -3.84. The van der Waals surface area contributed by atoms with Gasteiger partial charge in [-0.25, -0.2) is 18.1 Å². The Kier molecular flexibility index (Phi) is 6.16. The fourth-order valence-corrected chi connectivity index (χ4v) is 6.14. The Labute approximate surface area is 213 Å². The number of ether oxygens (including phenoxy) is 1. The Morgan fingerprint density at radius 3 is 2.19 bits per heavy atom. The van der Waals surface area contributed by atoms with Crippen LogP contribution in [0, 0.1) is 10.8 Å². The van der Waals surface area contributed by atoms with E-state index < -0.39 is 10.0 Å². The maximum Gasteiger partial charge on any atom is 0.264 e. The van der Waals surface area contributed by atoms with Gasteiger partial charge in [0.15, 0.2) is 0 Å². The molecule has 2 aromatic carbocycles. The van der Waals surface area contributed by atoms with E-state index in [2.05, 4.69) is 52.6 Å².